The molecule has 0 aliphatic carbocycles. The molecule has 0 radical (unpaired) electrons. The summed E-state index contributed by atoms with van der Waals surface area (Å²) in [5.41, 5.74) is -0.267. The molecule has 2 aromatic carbocycles. The van der Waals surface area contributed by atoms with E-state index >= 15 is 0 Å². The van der Waals surface area contributed by atoms with Crippen molar-refractivity contribution >= 4 is 11.9 Å². The van der Waals surface area contributed by atoms with Crippen LogP contribution < -0.4 is 0 Å². The minimum Gasteiger partial charge on any atom is -0.507 e. The van der Waals surface area contributed by atoms with Crippen LogP contribution in [0.15, 0.2) is 29.3 Å². The van der Waals surface area contributed by atoms with Crippen LogP contribution in [0.5, 0.6) is 5.75 Å². The van der Waals surface area contributed by atoms with Crippen molar-refractivity contribution in [2.45, 2.75) is 19.8 Å². The highest BCUT2D eigenvalue weighted by Gasteiger charge is 2.18. The van der Waals surface area contributed by atoms with Crippen LogP contribution in [0.2, 0.25) is 0 Å². The van der Waals surface area contributed by atoms with E-state index in [9.17, 15) is 22.7 Å². The quantitative estimate of drug-likeness (QED) is 0.492. The number of phenols is 1. The van der Waals surface area contributed by atoms with Crippen LogP contribution in [0, 0.1) is 23.3 Å². The molecule has 2 rings (SSSR count). The lowest BCUT2D eigenvalue weighted by atomic mass is 9.99. The Labute approximate surface area is 124 Å². The Morgan fingerprint density at radius 3 is 2.18 bits per heavy atom. The van der Waals surface area contributed by atoms with Gasteiger partial charge in [-0.05, 0) is 17.5 Å². The van der Waals surface area contributed by atoms with Gasteiger partial charge in [0.25, 0.3) is 0 Å². The zero-order valence-electron chi connectivity index (χ0n) is 11.9. The van der Waals surface area contributed by atoms with Crippen molar-refractivity contribution in [3.05, 3.63) is 58.7 Å². The maximum absolute atomic E-state index is 13.5. The number of para-hydroxylation sites is 1. The summed E-state index contributed by atoms with van der Waals surface area (Å²) in [6.45, 7) is 3.72. The summed E-state index contributed by atoms with van der Waals surface area (Å²) in [6.07, 6.45) is 0.960. The highest BCUT2D eigenvalue weighted by Crippen LogP contribution is 2.30. The van der Waals surface area contributed by atoms with Gasteiger partial charge in [-0.2, -0.15) is 0 Å². The predicted octanol–water partition coefficient (Wildman–Crippen LogP) is 4.82. The third-order valence-corrected chi connectivity index (χ3v) is 3.14. The first-order valence-corrected chi connectivity index (χ1v) is 6.51. The van der Waals surface area contributed by atoms with Gasteiger partial charge in [0.2, 0.25) is 0 Å². The highest BCUT2D eigenvalue weighted by molar-refractivity contribution is 5.86. The van der Waals surface area contributed by atoms with Gasteiger partial charge in [-0.15, -0.1) is 0 Å². The lowest BCUT2D eigenvalue weighted by Crippen LogP contribution is -1.95. The Morgan fingerprint density at radius 2 is 1.64 bits per heavy atom. The zero-order chi connectivity index (χ0) is 16.4. The number of phenolic OH excluding ortho intramolecular Hbond substituents is 1. The summed E-state index contributed by atoms with van der Waals surface area (Å²) < 4.78 is 53.2. The molecule has 0 aliphatic rings. The van der Waals surface area contributed by atoms with Crippen LogP contribution >= 0.6 is 0 Å². The van der Waals surface area contributed by atoms with E-state index in [4.69, 9.17) is 0 Å². The molecule has 0 unspecified atom stereocenters. The number of hydrogen-bond donors (Lipinski definition) is 1. The standard InChI is InChI=1S/C16H13F4NO/c1-8(2)10-5-3-4-9(16(10)22)7-21-15-13(19)11(17)6-12(18)14(15)20/h3-8,22H,1-2H3. The summed E-state index contributed by atoms with van der Waals surface area (Å²) in [4.78, 5) is 3.44. The molecule has 2 nitrogen and oxygen atoms in total. The first-order valence-electron chi connectivity index (χ1n) is 6.51. The number of aliphatic imine (C=N–C) groups is 1. The van der Waals surface area contributed by atoms with E-state index in [1.165, 1.54) is 6.07 Å². The van der Waals surface area contributed by atoms with E-state index < -0.39 is 29.0 Å². The molecule has 0 fully saturated rings. The van der Waals surface area contributed by atoms with Crippen molar-refractivity contribution in [3.8, 4) is 5.75 Å². The van der Waals surface area contributed by atoms with Crippen molar-refractivity contribution in [3.63, 3.8) is 0 Å². The average Bonchev–Trinajstić information content (AvgIpc) is 2.46. The van der Waals surface area contributed by atoms with Crippen molar-refractivity contribution in [1.29, 1.82) is 0 Å². The Morgan fingerprint density at radius 1 is 1.05 bits per heavy atom. The van der Waals surface area contributed by atoms with Gasteiger partial charge in [0.15, 0.2) is 23.3 Å². The third-order valence-electron chi connectivity index (χ3n) is 3.14. The second kappa shape index (κ2) is 6.17. The lowest BCUT2D eigenvalue weighted by molar-refractivity contribution is 0.457. The van der Waals surface area contributed by atoms with Crippen molar-refractivity contribution in [1.82, 2.24) is 0 Å². The minimum absolute atomic E-state index is 0.0217. The molecule has 1 N–H and O–H groups in total. The van der Waals surface area contributed by atoms with Gasteiger partial charge in [0.1, 0.15) is 11.4 Å². The van der Waals surface area contributed by atoms with Gasteiger partial charge < -0.3 is 5.11 Å². The molecule has 0 aliphatic heterocycles. The lowest BCUT2D eigenvalue weighted by Gasteiger charge is -2.09. The van der Waals surface area contributed by atoms with E-state index in [1.54, 1.807) is 12.1 Å². The molecular weight excluding hydrogens is 298 g/mol. The second-order valence-electron chi connectivity index (χ2n) is 5.01. The topological polar surface area (TPSA) is 32.6 Å². The maximum Gasteiger partial charge on any atom is 0.187 e. The average molecular weight is 311 g/mol. The predicted molar refractivity (Wildman–Crippen MR) is 75.7 cm³/mol. The fraction of sp³-hybridized carbons (Fsp3) is 0.188. The number of nitrogens with zero attached hydrogens (tertiary/aromatic N) is 1. The number of halogens is 4. The van der Waals surface area contributed by atoms with Crippen molar-refractivity contribution in [2.75, 3.05) is 0 Å². The van der Waals surface area contributed by atoms with Gasteiger partial charge in [-0.25, -0.2) is 22.6 Å². The van der Waals surface area contributed by atoms with Gasteiger partial charge in [-0.3, -0.25) is 0 Å². The first-order chi connectivity index (χ1) is 10.3. The number of benzene rings is 2. The number of aromatic hydroxyl groups is 1. The molecule has 116 valence electrons. The molecule has 0 bridgehead atoms. The molecule has 0 saturated heterocycles. The first kappa shape index (κ1) is 16.0. The number of rotatable bonds is 3. The van der Waals surface area contributed by atoms with E-state index in [1.807, 2.05) is 13.8 Å². The van der Waals surface area contributed by atoms with E-state index in [0.29, 0.717) is 5.56 Å². The Bertz CT molecular complexity index is 715. The molecule has 0 heterocycles. The summed E-state index contributed by atoms with van der Waals surface area (Å²) in [6, 6.07) is 4.91. The van der Waals surface area contributed by atoms with Crippen LogP contribution in [0.25, 0.3) is 0 Å². The third kappa shape index (κ3) is 2.95. The minimum atomic E-state index is -1.59. The molecule has 0 saturated carbocycles. The van der Waals surface area contributed by atoms with E-state index in [0.717, 1.165) is 6.21 Å². The van der Waals surface area contributed by atoms with Crippen LogP contribution in [0.1, 0.15) is 30.9 Å². The summed E-state index contributed by atoms with van der Waals surface area (Å²) in [5, 5.41) is 10.1. The SMILES string of the molecule is CC(C)c1cccc(C=Nc2c(F)c(F)cc(F)c2F)c1O. The molecule has 0 amide bonds. The van der Waals surface area contributed by atoms with Gasteiger partial charge in [-0.1, -0.05) is 26.0 Å². The highest BCUT2D eigenvalue weighted by atomic mass is 19.2. The van der Waals surface area contributed by atoms with Gasteiger partial charge >= 0.3 is 0 Å². The Balaban J connectivity index is 2.49. The normalized spacial score (nSPS) is 11.6. The molecule has 0 spiro atoms. The molecule has 0 atom stereocenters. The monoisotopic (exact) mass is 311 g/mol. The molecule has 6 heteroatoms. The number of hydrogen-bond acceptors (Lipinski definition) is 2. The van der Waals surface area contributed by atoms with Crippen LogP contribution in [-0.2, 0) is 0 Å². The second-order valence-corrected chi connectivity index (χ2v) is 5.01. The van der Waals surface area contributed by atoms with Crippen LogP contribution in [-0.4, -0.2) is 11.3 Å². The van der Waals surface area contributed by atoms with E-state index in [-0.39, 0.29) is 23.3 Å². The summed E-state index contributed by atoms with van der Waals surface area (Å²) in [7, 11) is 0. The van der Waals surface area contributed by atoms with Crippen LogP contribution in [0.3, 0.4) is 0 Å². The van der Waals surface area contributed by atoms with Gasteiger partial charge in [0.05, 0.1) is 0 Å². The fourth-order valence-corrected chi connectivity index (χ4v) is 1.96. The Hall–Kier alpha value is -2.37. The Kier molecular flexibility index (Phi) is 4.49. The fourth-order valence-electron chi connectivity index (χ4n) is 1.96. The molecule has 22 heavy (non-hydrogen) atoms. The molecule has 0 aromatic heterocycles. The largest absolute Gasteiger partial charge is 0.507 e. The zero-order valence-corrected chi connectivity index (χ0v) is 11.9. The van der Waals surface area contributed by atoms with Gasteiger partial charge in [0, 0.05) is 17.8 Å². The smallest absolute Gasteiger partial charge is 0.187 e. The van der Waals surface area contributed by atoms with Crippen LogP contribution in [0.4, 0.5) is 23.2 Å². The van der Waals surface area contributed by atoms with E-state index in [2.05, 4.69) is 4.99 Å². The molecule has 2 aromatic rings. The molecular formula is C16H13F4NO. The summed E-state index contributed by atoms with van der Waals surface area (Å²) in [5.74, 6) is -6.32. The summed E-state index contributed by atoms with van der Waals surface area (Å²) >= 11 is 0. The van der Waals surface area contributed by atoms with Crippen molar-refractivity contribution < 1.29 is 22.7 Å². The van der Waals surface area contributed by atoms with Crippen molar-refractivity contribution in [2.24, 2.45) is 4.99 Å². The maximum atomic E-state index is 13.5.